The molecule has 2 nitrogen and oxygen atoms in total. The van der Waals surface area contributed by atoms with E-state index in [0.29, 0.717) is 0 Å². The summed E-state index contributed by atoms with van der Waals surface area (Å²) in [5.41, 5.74) is 1.02. The number of hydrogen-bond donors (Lipinski definition) is 1. The number of rotatable bonds is 4. The number of allylic oxidation sites excluding steroid dienone is 2. The molecule has 2 heteroatoms. The molecule has 0 aromatic rings. The van der Waals surface area contributed by atoms with Crippen molar-refractivity contribution in [2.75, 3.05) is 7.05 Å². The molecule has 0 aliphatic rings. The van der Waals surface area contributed by atoms with Crippen LogP contribution in [-0.4, -0.2) is 12.8 Å². The van der Waals surface area contributed by atoms with Gasteiger partial charge in [-0.25, -0.2) is 0 Å². The Balaban J connectivity index is 3.91. The maximum atomic E-state index is 10.6. The fraction of sp³-hybridized carbons (Fsp3) is 0.625. The molecule has 0 amide bonds. The van der Waals surface area contributed by atoms with Gasteiger partial charge in [-0.1, -0.05) is 13.3 Å². The molecule has 0 saturated carbocycles. The highest BCUT2D eigenvalue weighted by molar-refractivity contribution is 5.87. The van der Waals surface area contributed by atoms with E-state index in [-0.39, 0.29) is 5.78 Å². The largest absolute Gasteiger partial charge is 0.391 e. The van der Waals surface area contributed by atoms with Crippen LogP contribution < -0.4 is 5.32 Å². The lowest BCUT2D eigenvalue weighted by Crippen LogP contribution is -2.06. The molecule has 0 rings (SSSR count). The molecule has 0 saturated heterocycles. The summed E-state index contributed by atoms with van der Waals surface area (Å²) in [4.78, 5) is 10.6. The minimum Gasteiger partial charge on any atom is -0.391 e. The molecule has 0 radical (unpaired) electrons. The van der Waals surface area contributed by atoms with Crippen LogP contribution in [0.4, 0.5) is 0 Å². The Hall–Kier alpha value is -0.790. The molecule has 1 N–H and O–H groups in total. The van der Waals surface area contributed by atoms with Gasteiger partial charge in [0.2, 0.25) is 0 Å². The Morgan fingerprint density at radius 1 is 1.60 bits per heavy atom. The molecule has 0 fully saturated rings. The normalized spacial score (nSPS) is 11.3. The van der Waals surface area contributed by atoms with Crippen molar-refractivity contribution in [3.8, 4) is 0 Å². The van der Waals surface area contributed by atoms with Crippen LogP contribution in [-0.2, 0) is 4.79 Å². The van der Waals surface area contributed by atoms with E-state index in [0.717, 1.165) is 18.5 Å². The van der Waals surface area contributed by atoms with Gasteiger partial charge in [-0.15, -0.1) is 0 Å². The first kappa shape index (κ1) is 9.21. The summed E-state index contributed by atoms with van der Waals surface area (Å²) in [5.74, 6) is 0.109. The van der Waals surface area contributed by atoms with E-state index in [2.05, 4.69) is 12.2 Å². The van der Waals surface area contributed by atoms with Crippen molar-refractivity contribution >= 4 is 5.78 Å². The second-order valence-corrected chi connectivity index (χ2v) is 2.28. The lowest BCUT2D eigenvalue weighted by Gasteiger charge is -2.02. The van der Waals surface area contributed by atoms with Gasteiger partial charge in [-0.2, -0.15) is 0 Å². The molecule has 0 aromatic carbocycles. The predicted molar refractivity (Wildman–Crippen MR) is 42.7 cm³/mol. The standard InChI is InChI=1S/C8H15NO/c1-4-5-8(9-3)6-7(2)10/h6,9H,4-5H2,1-3H3/b8-6-. The summed E-state index contributed by atoms with van der Waals surface area (Å²) in [6.07, 6.45) is 3.67. The molecular formula is C8H15NO. The molecule has 0 heterocycles. The zero-order valence-electron chi connectivity index (χ0n) is 6.90. The summed E-state index contributed by atoms with van der Waals surface area (Å²) < 4.78 is 0. The molecule has 58 valence electrons. The van der Waals surface area contributed by atoms with E-state index >= 15 is 0 Å². The van der Waals surface area contributed by atoms with Gasteiger partial charge in [0, 0.05) is 12.7 Å². The Kier molecular flexibility index (Phi) is 4.63. The van der Waals surface area contributed by atoms with Crippen molar-refractivity contribution in [1.82, 2.24) is 5.32 Å². The van der Waals surface area contributed by atoms with Crippen LogP contribution in [0.1, 0.15) is 26.7 Å². The third kappa shape index (κ3) is 4.13. The molecule has 0 aliphatic carbocycles. The zero-order chi connectivity index (χ0) is 7.98. The van der Waals surface area contributed by atoms with E-state index in [1.165, 1.54) is 0 Å². The van der Waals surface area contributed by atoms with Crippen molar-refractivity contribution in [3.63, 3.8) is 0 Å². The third-order valence-corrected chi connectivity index (χ3v) is 1.22. The van der Waals surface area contributed by atoms with Gasteiger partial charge >= 0.3 is 0 Å². The molecule has 0 bridgehead atoms. The summed E-state index contributed by atoms with van der Waals surface area (Å²) >= 11 is 0. The monoisotopic (exact) mass is 141 g/mol. The lowest BCUT2D eigenvalue weighted by atomic mass is 10.2. The van der Waals surface area contributed by atoms with E-state index in [9.17, 15) is 4.79 Å². The zero-order valence-corrected chi connectivity index (χ0v) is 6.90. The van der Waals surface area contributed by atoms with E-state index in [1.807, 2.05) is 7.05 Å². The molecule has 0 aromatic heterocycles. The molecule has 0 unspecified atom stereocenters. The molecule has 10 heavy (non-hydrogen) atoms. The first-order chi connectivity index (χ1) is 4.70. The number of nitrogens with one attached hydrogen (secondary N) is 1. The SMILES string of the molecule is CCC/C(=C/C(C)=O)NC. The Morgan fingerprint density at radius 2 is 2.20 bits per heavy atom. The number of carbonyl (C=O) groups is 1. The molecule has 0 aliphatic heterocycles. The van der Waals surface area contributed by atoms with Gasteiger partial charge in [0.15, 0.2) is 5.78 Å². The minimum absolute atomic E-state index is 0.109. The number of hydrogen-bond acceptors (Lipinski definition) is 2. The van der Waals surface area contributed by atoms with Crippen molar-refractivity contribution in [3.05, 3.63) is 11.8 Å². The highest BCUT2D eigenvalue weighted by Crippen LogP contribution is 1.98. The predicted octanol–water partition coefficient (Wildman–Crippen LogP) is 1.48. The van der Waals surface area contributed by atoms with Crippen molar-refractivity contribution < 1.29 is 4.79 Å². The maximum absolute atomic E-state index is 10.6. The Labute approximate surface area is 62.3 Å². The van der Waals surface area contributed by atoms with Crippen molar-refractivity contribution in [2.45, 2.75) is 26.7 Å². The van der Waals surface area contributed by atoms with Gasteiger partial charge in [0.1, 0.15) is 0 Å². The van der Waals surface area contributed by atoms with Crippen molar-refractivity contribution in [1.29, 1.82) is 0 Å². The minimum atomic E-state index is 0.109. The summed E-state index contributed by atoms with van der Waals surface area (Å²) in [7, 11) is 1.84. The van der Waals surface area contributed by atoms with Crippen LogP contribution in [0.3, 0.4) is 0 Å². The first-order valence-corrected chi connectivity index (χ1v) is 3.59. The average molecular weight is 141 g/mol. The van der Waals surface area contributed by atoms with Crippen LogP contribution in [0.15, 0.2) is 11.8 Å². The summed E-state index contributed by atoms with van der Waals surface area (Å²) in [5, 5.41) is 2.97. The average Bonchev–Trinajstić information content (AvgIpc) is 1.86. The lowest BCUT2D eigenvalue weighted by molar-refractivity contribution is -0.112. The van der Waals surface area contributed by atoms with Gasteiger partial charge in [0.25, 0.3) is 0 Å². The van der Waals surface area contributed by atoms with Crippen LogP contribution in [0.25, 0.3) is 0 Å². The fourth-order valence-corrected chi connectivity index (χ4v) is 0.784. The summed E-state index contributed by atoms with van der Waals surface area (Å²) in [6, 6.07) is 0. The van der Waals surface area contributed by atoms with E-state index in [4.69, 9.17) is 0 Å². The van der Waals surface area contributed by atoms with Crippen LogP contribution >= 0.6 is 0 Å². The maximum Gasteiger partial charge on any atom is 0.154 e. The van der Waals surface area contributed by atoms with Gasteiger partial charge in [0.05, 0.1) is 0 Å². The van der Waals surface area contributed by atoms with Crippen LogP contribution in [0.2, 0.25) is 0 Å². The van der Waals surface area contributed by atoms with E-state index < -0.39 is 0 Å². The third-order valence-electron chi connectivity index (χ3n) is 1.22. The first-order valence-electron chi connectivity index (χ1n) is 3.59. The van der Waals surface area contributed by atoms with Gasteiger partial charge in [-0.3, -0.25) is 4.79 Å². The molecule has 0 spiro atoms. The van der Waals surface area contributed by atoms with Gasteiger partial charge < -0.3 is 5.32 Å². The highest BCUT2D eigenvalue weighted by Gasteiger charge is 1.92. The van der Waals surface area contributed by atoms with Gasteiger partial charge in [-0.05, 0) is 19.4 Å². The second kappa shape index (κ2) is 5.03. The molecule has 0 atom stereocenters. The van der Waals surface area contributed by atoms with Crippen LogP contribution in [0, 0.1) is 0 Å². The molecular weight excluding hydrogens is 126 g/mol. The smallest absolute Gasteiger partial charge is 0.154 e. The summed E-state index contributed by atoms with van der Waals surface area (Å²) in [6.45, 7) is 3.65. The fourth-order valence-electron chi connectivity index (χ4n) is 0.784. The second-order valence-electron chi connectivity index (χ2n) is 2.28. The quantitative estimate of drug-likeness (QED) is 0.601. The van der Waals surface area contributed by atoms with E-state index in [1.54, 1.807) is 13.0 Å². The topological polar surface area (TPSA) is 29.1 Å². The number of ketones is 1. The number of carbonyl (C=O) groups excluding carboxylic acids is 1. The van der Waals surface area contributed by atoms with Crippen molar-refractivity contribution in [2.24, 2.45) is 0 Å². The highest BCUT2D eigenvalue weighted by atomic mass is 16.1. The Morgan fingerprint density at radius 3 is 2.50 bits per heavy atom. The Bertz CT molecular complexity index is 138. The van der Waals surface area contributed by atoms with Crippen LogP contribution in [0.5, 0.6) is 0 Å².